The van der Waals surface area contributed by atoms with Gasteiger partial charge in [-0.05, 0) is 31.2 Å². The van der Waals surface area contributed by atoms with Crippen molar-refractivity contribution in [2.45, 2.75) is 64.2 Å². The molecular formula is C25H28O7S. The van der Waals surface area contributed by atoms with Crippen LogP contribution in [0, 0.1) is 6.92 Å². The second-order valence-corrected chi connectivity index (χ2v) is 8.96. The average Bonchev–Trinajstić information content (AvgIpc) is 2.76. The summed E-state index contributed by atoms with van der Waals surface area (Å²) in [6, 6.07) is 16.7. The van der Waals surface area contributed by atoms with Gasteiger partial charge in [-0.15, -0.1) is 0 Å². The molecule has 0 unspecified atom stereocenters. The first kappa shape index (κ1) is 25.0. The molecule has 5 atom stereocenters. The molecule has 1 heterocycles. The van der Waals surface area contributed by atoms with Crippen LogP contribution in [-0.4, -0.2) is 46.9 Å². The molecule has 176 valence electrons. The van der Waals surface area contributed by atoms with Crippen LogP contribution in [0.1, 0.15) is 42.3 Å². The van der Waals surface area contributed by atoms with Gasteiger partial charge in [0, 0.05) is 19.4 Å². The van der Waals surface area contributed by atoms with Crippen molar-refractivity contribution in [3.63, 3.8) is 0 Å². The number of benzene rings is 2. The first-order valence-electron chi connectivity index (χ1n) is 10.7. The normalized spacial score (nSPS) is 24.7. The highest BCUT2D eigenvalue weighted by atomic mass is 32.2. The van der Waals surface area contributed by atoms with E-state index >= 15 is 0 Å². The summed E-state index contributed by atoms with van der Waals surface area (Å²) in [6.45, 7) is 6.41. The van der Waals surface area contributed by atoms with Crippen LogP contribution in [0.4, 0.5) is 0 Å². The van der Waals surface area contributed by atoms with E-state index in [1.54, 1.807) is 19.1 Å². The Bertz CT molecular complexity index is 960. The third-order valence-electron chi connectivity index (χ3n) is 5.13. The van der Waals surface area contributed by atoms with Gasteiger partial charge in [0.25, 0.3) is 0 Å². The number of thioether (sulfide) groups is 1. The zero-order valence-corrected chi connectivity index (χ0v) is 19.9. The lowest BCUT2D eigenvalue weighted by atomic mass is 10.00. The van der Waals surface area contributed by atoms with Crippen LogP contribution in [0.3, 0.4) is 0 Å². The van der Waals surface area contributed by atoms with E-state index in [1.807, 2.05) is 49.4 Å². The fourth-order valence-corrected chi connectivity index (χ4v) is 4.64. The molecule has 8 heteroatoms. The van der Waals surface area contributed by atoms with Gasteiger partial charge in [-0.2, -0.15) is 0 Å². The van der Waals surface area contributed by atoms with E-state index in [0.717, 1.165) is 22.9 Å². The van der Waals surface area contributed by atoms with Crippen LogP contribution >= 0.6 is 11.8 Å². The van der Waals surface area contributed by atoms with Gasteiger partial charge in [0.1, 0.15) is 11.5 Å². The van der Waals surface area contributed by atoms with Gasteiger partial charge in [-0.3, -0.25) is 14.4 Å². The van der Waals surface area contributed by atoms with Crippen molar-refractivity contribution in [1.82, 2.24) is 0 Å². The van der Waals surface area contributed by atoms with Crippen LogP contribution in [0.25, 0.3) is 0 Å². The number of hydrogen-bond acceptors (Lipinski definition) is 8. The second kappa shape index (κ2) is 11.4. The molecule has 1 saturated heterocycles. The first-order valence-corrected chi connectivity index (χ1v) is 11.6. The lowest BCUT2D eigenvalue weighted by Crippen LogP contribution is -2.59. The number of hydrogen-bond donors (Lipinski definition) is 0. The summed E-state index contributed by atoms with van der Waals surface area (Å²) in [4.78, 5) is 36.6. The zero-order valence-electron chi connectivity index (χ0n) is 19.1. The minimum atomic E-state index is -0.942. The van der Waals surface area contributed by atoms with Gasteiger partial charge in [0.05, 0.1) is 12.7 Å². The van der Waals surface area contributed by atoms with E-state index < -0.39 is 41.8 Å². The Labute approximate surface area is 197 Å². The quantitative estimate of drug-likeness (QED) is 0.558. The predicted octanol–water partition coefficient (Wildman–Crippen LogP) is 4.06. The average molecular weight is 473 g/mol. The van der Waals surface area contributed by atoms with E-state index in [0.29, 0.717) is 5.56 Å². The third-order valence-corrected chi connectivity index (χ3v) is 6.19. The van der Waals surface area contributed by atoms with Gasteiger partial charge < -0.3 is 18.9 Å². The maximum absolute atomic E-state index is 13.0. The van der Waals surface area contributed by atoms with Crippen molar-refractivity contribution >= 4 is 28.8 Å². The van der Waals surface area contributed by atoms with E-state index in [1.165, 1.54) is 13.8 Å². The Hall–Kier alpha value is -2.68. The summed E-state index contributed by atoms with van der Waals surface area (Å²) in [5.41, 5.74) is 1.68. The summed E-state index contributed by atoms with van der Waals surface area (Å²) >= 11 is 0.960. The summed E-state index contributed by atoms with van der Waals surface area (Å²) < 4.78 is 23.2. The first-order chi connectivity index (χ1) is 15.7. The fourth-order valence-electron chi connectivity index (χ4n) is 3.55. The summed E-state index contributed by atoms with van der Waals surface area (Å²) in [7, 11) is 0. The fraction of sp³-hybridized carbons (Fsp3) is 0.400. The molecule has 1 fully saturated rings. The number of carbonyl (C=O) groups is 3. The molecule has 2 aromatic rings. The zero-order chi connectivity index (χ0) is 24.0. The van der Waals surface area contributed by atoms with Crippen molar-refractivity contribution in [3.8, 4) is 0 Å². The highest BCUT2D eigenvalue weighted by molar-refractivity contribution is 8.14. The van der Waals surface area contributed by atoms with E-state index in [9.17, 15) is 14.4 Å². The highest BCUT2D eigenvalue weighted by Gasteiger charge is 2.50. The molecule has 0 aliphatic carbocycles. The molecule has 7 nitrogen and oxygen atoms in total. The Balaban J connectivity index is 1.88. The number of aryl methyl sites for hydroxylation is 1. The Morgan fingerprint density at radius 1 is 0.879 bits per heavy atom. The standard InChI is InChI=1S/C25H28O7S/c1-15-10-12-20(13-11-15)24(28)33-25-23(29-14-19-8-6-5-7-9-19)22(32-18(4)27)21(16(2)30-25)31-17(3)26/h5-13,16,21-23,25H,14H2,1-4H3/t16-,21+,22+,23-,25-/m0/s1. The maximum atomic E-state index is 13.0. The number of carbonyl (C=O) groups excluding carboxylic acids is 3. The SMILES string of the molecule is CC(=O)O[C@@H]1[C@H](OC(C)=O)[C@H](C)O[C@@H](SC(=O)c2ccc(C)cc2)[C@H]1OCc1ccccc1. The van der Waals surface area contributed by atoms with Crippen LogP contribution in [-0.2, 0) is 35.1 Å². The molecule has 1 aliphatic heterocycles. The van der Waals surface area contributed by atoms with E-state index in [4.69, 9.17) is 18.9 Å². The van der Waals surface area contributed by atoms with Gasteiger partial charge >= 0.3 is 11.9 Å². The summed E-state index contributed by atoms with van der Waals surface area (Å²) in [5.74, 6) is -1.08. The topological polar surface area (TPSA) is 88.1 Å². The second-order valence-electron chi connectivity index (χ2n) is 7.89. The Morgan fingerprint density at radius 2 is 1.48 bits per heavy atom. The molecule has 33 heavy (non-hydrogen) atoms. The number of esters is 2. The molecular weight excluding hydrogens is 444 g/mol. The summed E-state index contributed by atoms with van der Waals surface area (Å²) in [6.07, 6.45) is -3.30. The van der Waals surface area contributed by atoms with Crippen LogP contribution in [0.2, 0.25) is 0 Å². The van der Waals surface area contributed by atoms with Gasteiger partial charge in [-0.1, -0.05) is 60.2 Å². The van der Waals surface area contributed by atoms with Crippen molar-refractivity contribution in [2.75, 3.05) is 0 Å². The molecule has 0 N–H and O–H groups in total. The summed E-state index contributed by atoms with van der Waals surface area (Å²) in [5, 5.41) is -0.201. The molecule has 2 aromatic carbocycles. The van der Waals surface area contributed by atoms with Gasteiger partial charge in [0.15, 0.2) is 12.2 Å². The maximum Gasteiger partial charge on any atom is 0.303 e. The number of ether oxygens (including phenoxy) is 4. The van der Waals surface area contributed by atoms with Crippen LogP contribution in [0.5, 0.6) is 0 Å². The minimum Gasteiger partial charge on any atom is -0.456 e. The van der Waals surface area contributed by atoms with Crippen LogP contribution < -0.4 is 0 Å². The molecule has 3 rings (SSSR count). The highest BCUT2D eigenvalue weighted by Crippen LogP contribution is 2.35. The van der Waals surface area contributed by atoms with Gasteiger partial charge in [-0.25, -0.2) is 0 Å². The van der Waals surface area contributed by atoms with Crippen molar-refractivity contribution in [1.29, 1.82) is 0 Å². The molecule has 0 spiro atoms. The predicted molar refractivity (Wildman–Crippen MR) is 124 cm³/mol. The minimum absolute atomic E-state index is 0.198. The van der Waals surface area contributed by atoms with E-state index in [-0.39, 0.29) is 11.7 Å². The van der Waals surface area contributed by atoms with Gasteiger partial charge in [0.2, 0.25) is 5.12 Å². The van der Waals surface area contributed by atoms with Crippen molar-refractivity contribution in [3.05, 3.63) is 71.3 Å². The third kappa shape index (κ3) is 6.90. The van der Waals surface area contributed by atoms with E-state index in [2.05, 4.69) is 0 Å². The Morgan fingerprint density at radius 3 is 2.09 bits per heavy atom. The largest absolute Gasteiger partial charge is 0.456 e. The Kier molecular flexibility index (Phi) is 8.66. The van der Waals surface area contributed by atoms with Crippen molar-refractivity contribution < 1.29 is 33.3 Å². The molecule has 0 saturated carbocycles. The smallest absolute Gasteiger partial charge is 0.303 e. The molecule has 0 bridgehead atoms. The van der Waals surface area contributed by atoms with Crippen molar-refractivity contribution in [2.24, 2.45) is 0 Å². The molecule has 0 radical (unpaired) electrons. The number of rotatable bonds is 7. The monoisotopic (exact) mass is 472 g/mol. The molecule has 0 aromatic heterocycles. The lowest BCUT2D eigenvalue weighted by molar-refractivity contribution is -0.232. The molecule has 1 aliphatic rings. The lowest BCUT2D eigenvalue weighted by Gasteiger charge is -2.43. The molecule has 0 amide bonds. The van der Waals surface area contributed by atoms with Crippen LogP contribution in [0.15, 0.2) is 54.6 Å².